The van der Waals surface area contributed by atoms with E-state index in [1.54, 1.807) is 6.92 Å². The molecule has 0 aliphatic heterocycles. The lowest BCUT2D eigenvalue weighted by molar-refractivity contribution is 0.101. The number of ketones is 1. The average Bonchev–Trinajstić information content (AvgIpc) is 2.44. The van der Waals surface area contributed by atoms with Gasteiger partial charge < -0.3 is 4.98 Å². The van der Waals surface area contributed by atoms with E-state index in [0.29, 0.717) is 5.69 Å². The Morgan fingerprint density at radius 2 is 2.14 bits per heavy atom. The lowest BCUT2D eigenvalue weighted by atomic mass is 10.2. The van der Waals surface area contributed by atoms with Crippen molar-refractivity contribution >= 4 is 32.6 Å². The van der Waals surface area contributed by atoms with Crippen LogP contribution >= 0.6 is 15.9 Å². The molecule has 2 aromatic rings. The molecule has 0 aliphatic rings. The standard InChI is InChI=1S/C11H10BrNO/c1-6-3-4-9-8(5-6)10(12)11(13-9)7(2)14/h3-5,13H,1-2H3. The van der Waals surface area contributed by atoms with Crippen molar-refractivity contribution in [1.29, 1.82) is 0 Å². The first kappa shape index (κ1) is 9.46. The van der Waals surface area contributed by atoms with Crippen molar-refractivity contribution in [2.24, 2.45) is 0 Å². The van der Waals surface area contributed by atoms with Crippen LogP contribution in [-0.2, 0) is 0 Å². The summed E-state index contributed by atoms with van der Waals surface area (Å²) in [5.74, 6) is 0.0470. The molecule has 0 atom stereocenters. The van der Waals surface area contributed by atoms with Crippen molar-refractivity contribution < 1.29 is 4.79 Å². The highest BCUT2D eigenvalue weighted by Crippen LogP contribution is 2.28. The quantitative estimate of drug-likeness (QED) is 0.775. The Kier molecular flexibility index (Phi) is 2.19. The van der Waals surface area contributed by atoms with E-state index >= 15 is 0 Å². The second-order valence-electron chi connectivity index (χ2n) is 3.42. The SMILES string of the molecule is CC(=O)c1[nH]c2ccc(C)cc2c1Br. The van der Waals surface area contributed by atoms with Gasteiger partial charge in [-0.15, -0.1) is 0 Å². The number of halogens is 1. The van der Waals surface area contributed by atoms with Crippen LogP contribution < -0.4 is 0 Å². The number of Topliss-reactive ketones (excluding diaryl/α,β-unsaturated/α-hetero) is 1. The van der Waals surface area contributed by atoms with Crippen LogP contribution in [0.15, 0.2) is 22.7 Å². The number of aryl methyl sites for hydroxylation is 1. The Hall–Kier alpha value is -1.09. The molecule has 3 heteroatoms. The fourth-order valence-electron chi connectivity index (χ4n) is 1.52. The summed E-state index contributed by atoms with van der Waals surface area (Å²) in [6, 6.07) is 6.07. The first-order valence-corrected chi connectivity index (χ1v) is 5.17. The minimum atomic E-state index is 0.0470. The van der Waals surface area contributed by atoms with Crippen LogP contribution in [0.5, 0.6) is 0 Å². The van der Waals surface area contributed by atoms with Crippen LogP contribution in [0.4, 0.5) is 0 Å². The van der Waals surface area contributed by atoms with Crippen molar-refractivity contribution in [3.05, 3.63) is 33.9 Å². The highest BCUT2D eigenvalue weighted by atomic mass is 79.9. The summed E-state index contributed by atoms with van der Waals surface area (Å²) in [6.07, 6.45) is 0. The molecule has 0 saturated heterocycles. The van der Waals surface area contributed by atoms with Crippen molar-refractivity contribution in [2.75, 3.05) is 0 Å². The highest BCUT2D eigenvalue weighted by molar-refractivity contribution is 9.10. The zero-order valence-electron chi connectivity index (χ0n) is 8.02. The van der Waals surface area contributed by atoms with E-state index in [9.17, 15) is 4.79 Å². The molecule has 1 aromatic heterocycles. The molecule has 0 bridgehead atoms. The van der Waals surface area contributed by atoms with E-state index in [1.165, 1.54) is 5.56 Å². The second-order valence-corrected chi connectivity index (χ2v) is 4.21. The number of aromatic nitrogens is 1. The Morgan fingerprint density at radius 3 is 2.79 bits per heavy atom. The van der Waals surface area contributed by atoms with Gasteiger partial charge in [0.05, 0.1) is 10.2 Å². The summed E-state index contributed by atoms with van der Waals surface area (Å²) in [4.78, 5) is 14.4. The Morgan fingerprint density at radius 1 is 1.43 bits per heavy atom. The van der Waals surface area contributed by atoms with Gasteiger partial charge >= 0.3 is 0 Å². The minimum Gasteiger partial charge on any atom is -0.351 e. The van der Waals surface area contributed by atoms with Crippen LogP contribution in [0.3, 0.4) is 0 Å². The van der Waals surface area contributed by atoms with Crippen LogP contribution in [0.1, 0.15) is 23.0 Å². The van der Waals surface area contributed by atoms with E-state index in [4.69, 9.17) is 0 Å². The van der Waals surface area contributed by atoms with Crippen molar-refractivity contribution in [1.82, 2.24) is 4.98 Å². The Labute approximate surface area is 90.4 Å². The molecule has 1 heterocycles. The lowest BCUT2D eigenvalue weighted by Crippen LogP contribution is -1.91. The van der Waals surface area contributed by atoms with Gasteiger partial charge in [0.1, 0.15) is 0 Å². The fraction of sp³-hybridized carbons (Fsp3) is 0.182. The maximum absolute atomic E-state index is 11.3. The zero-order valence-corrected chi connectivity index (χ0v) is 9.60. The van der Waals surface area contributed by atoms with Crippen molar-refractivity contribution in [3.63, 3.8) is 0 Å². The molecule has 1 N–H and O–H groups in total. The molecule has 1 aromatic carbocycles. The second kappa shape index (κ2) is 3.24. The van der Waals surface area contributed by atoms with Crippen LogP contribution in [0, 0.1) is 6.92 Å². The molecular weight excluding hydrogens is 242 g/mol. The minimum absolute atomic E-state index is 0.0470. The number of rotatable bonds is 1. The van der Waals surface area contributed by atoms with Crippen LogP contribution in [0.2, 0.25) is 0 Å². The number of hydrogen-bond donors (Lipinski definition) is 1. The topological polar surface area (TPSA) is 32.9 Å². The smallest absolute Gasteiger partial charge is 0.177 e. The largest absolute Gasteiger partial charge is 0.351 e. The summed E-state index contributed by atoms with van der Waals surface area (Å²) in [5, 5.41) is 1.07. The summed E-state index contributed by atoms with van der Waals surface area (Å²) in [7, 11) is 0. The molecule has 2 rings (SSSR count). The number of fused-ring (bicyclic) bond motifs is 1. The van der Waals surface area contributed by atoms with Gasteiger partial charge in [0.2, 0.25) is 0 Å². The predicted molar refractivity (Wildman–Crippen MR) is 60.7 cm³/mol. The predicted octanol–water partition coefficient (Wildman–Crippen LogP) is 3.44. The summed E-state index contributed by atoms with van der Waals surface area (Å²) < 4.78 is 0.865. The number of aromatic amines is 1. The fourth-order valence-corrected chi connectivity index (χ4v) is 2.22. The third-order valence-corrected chi connectivity index (χ3v) is 3.07. The molecule has 14 heavy (non-hydrogen) atoms. The van der Waals surface area contributed by atoms with Gasteiger partial charge in [0.25, 0.3) is 0 Å². The van der Waals surface area contributed by atoms with Crippen LogP contribution in [-0.4, -0.2) is 10.8 Å². The van der Waals surface area contributed by atoms with E-state index in [-0.39, 0.29) is 5.78 Å². The molecular formula is C11H10BrNO. The summed E-state index contributed by atoms with van der Waals surface area (Å²) in [5.41, 5.74) is 2.82. The number of hydrogen-bond acceptors (Lipinski definition) is 1. The van der Waals surface area contributed by atoms with E-state index in [0.717, 1.165) is 15.4 Å². The first-order chi connectivity index (χ1) is 6.59. The van der Waals surface area contributed by atoms with Gasteiger partial charge in [-0.1, -0.05) is 11.6 Å². The molecule has 0 aliphatic carbocycles. The Bertz CT molecular complexity index is 513. The highest BCUT2D eigenvalue weighted by Gasteiger charge is 2.11. The molecule has 2 nitrogen and oxygen atoms in total. The first-order valence-electron chi connectivity index (χ1n) is 4.38. The monoisotopic (exact) mass is 251 g/mol. The number of nitrogens with one attached hydrogen (secondary N) is 1. The Balaban J connectivity index is 2.80. The van der Waals surface area contributed by atoms with Gasteiger partial charge in [-0.3, -0.25) is 4.79 Å². The third kappa shape index (κ3) is 1.38. The molecule has 72 valence electrons. The average molecular weight is 252 g/mol. The maximum Gasteiger partial charge on any atom is 0.177 e. The van der Waals surface area contributed by atoms with Gasteiger partial charge in [-0.2, -0.15) is 0 Å². The maximum atomic E-state index is 11.3. The van der Waals surface area contributed by atoms with Crippen molar-refractivity contribution in [3.8, 4) is 0 Å². The molecule has 0 radical (unpaired) electrons. The van der Waals surface area contributed by atoms with Gasteiger partial charge in [0.15, 0.2) is 5.78 Å². The number of carbonyl (C=O) groups excluding carboxylic acids is 1. The number of benzene rings is 1. The lowest BCUT2D eigenvalue weighted by Gasteiger charge is -1.92. The van der Waals surface area contributed by atoms with Gasteiger partial charge in [-0.25, -0.2) is 0 Å². The molecule has 0 unspecified atom stereocenters. The van der Waals surface area contributed by atoms with E-state index in [1.807, 2.05) is 19.1 Å². The normalized spacial score (nSPS) is 10.8. The molecule has 0 amide bonds. The molecule has 0 saturated carbocycles. The number of H-pyrrole nitrogens is 1. The van der Waals surface area contributed by atoms with E-state index in [2.05, 4.69) is 27.0 Å². The zero-order chi connectivity index (χ0) is 10.3. The summed E-state index contributed by atoms with van der Waals surface area (Å²) in [6.45, 7) is 3.59. The molecule has 0 fully saturated rings. The van der Waals surface area contributed by atoms with Crippen LogP contribution in [0.25, 0.3) is 10.9 Å². The van der Waals surface area contributed by atoms with Gasteiger partial charge in [0, 0.05) is 17.8 Å². The van der Waals surface area contributed by atoms with Gasteiger partial charge in [-0.05, 0) is 35.0 Å². The molecule has 0 spiro atoms. The van der Waals surface area contributed by atoms with Crippen molar-refractivity contribution in [2.45, 2.75) is 13.8 Å². The third-order valence-electron chi connectivity index (χ3n) is 2.24. The van der Waals surface area contributed by atoms with E-state index < -0.39 is 0 Å². The number of carbonyl (C=O) groups is 1. The summed E-state index contributed by atoms with van der Waals surface area (Å²) >= 11 is 3.43.